The van der Waals surface area contributed by atoms with Gasteiger partial charge in [0.15, 0.2) is 0 Å². The highest BCUT2D eigenvalue weighted by Crippen LogP contribution is 2.40. The Hall–Kier alpha value is -2.84. The number of rotatable bonds is 2. The lowest BCUT2D eigenvalue weighted by Crippen LogP contribution is -2.53. The number of hydrogen-bond donors (Lipinski definition) is 2. The van der Waals surface area contributed by atoms with E-state index in [0.717, 1.165) is 0 Å². The Kier molecular flexibility index (Phi) is 4.00. The molecule has 2 atom stereocenters. The number of carbonyl (C=O) groups excluding carboxylic acids is 1. The first-order valence-corrected chi connectivity index (χ1v) is 7.69. The van der Waals surface area contributed by atoms with E-state index in [1.54, 1.807) is 56.3 Å². The van der Waals surface area contributed by atoms with E-state index < -0.39 is 17.7 Å². The number of nitriles is 1. The molecule has 5 nitrogen and oxygen atoms in total. The third-order valence-electron chi connectivity index (χ3n) is 4.20. The second kappa shape index (κ2) is 5.99. The van der Waals surface area contributed by atoms with Crippen molar-refractivity contribution >= 4 is 5.91 Å². The van der Waals surface area contributed by atoms with Crippen LogP contribution in [0.5, 0.6) is 5.75 Å². The molecule has 0 saturated heterocycles. The van der Waals surface area contributed by atoms with Crippen molar-refractivity contribution in [2.24, 2.45) is 0 Å². The predicted octanol–water partition coefficient (Wildman–Crippen LogP) is 2.56. The van der Waals surface area contributed by atoms with Crippen molar-refractivity contribution in [3.63, 3.8) is 0 Å². The van der Waals surface area contributed by atoms with E-state index in [1.807, 2.05) is 6.07 Å². The summed E-state index contributed by atoms with van der Waals surface area (Å²) in [4.78, 5) is 12.5. The van der Waals surface area contributed by atoms with Crippen LogP contribution in [-0.2, 0) is 0 Å². The molecule has 0 fully saturated rings. The lowest BCUT2D eigenvalue weighted by atomic mass is 9.85. The maximum Gasteiger partial charge on any atom is 0.251 e. The molecule has 0 unspecified atom stereocenters. The highest BCUT2D eigenvalue weighted by Gasteiger charge is 2.43. The Labute approximate surface area is 140 Å². The van der Waals surface area contributed by atoms with Gasteiger partial charge in [-0.15, -0.1) is 0 Å². The average Bonchev–Trinajstić information content (AvgIpc) is 2.59. The molecule has 0 radical (unpaired) electrons. The van der Waals surface area contributed by atoms with Gasteiger partial charge in [-0.1, -0.05) is 18.2 Å². The summed E-state index contributed by atoms with van der Waals surface area (Å²) in [6, 6.07) is 15.2. The Morgan fingerprint density at radius 1 is 1.25 bits per heavy atom. The molecule has 2 N–H and O–H groups in total. The quantitative estimate of drug-likeness (QED) is 0.890. The van der Waals surface area contributed by atoms with E-state index in [-0.39, 0.29) is 5.91 Å². The van der Waals surface area contributed by atoms with Gasteiger partial charge in [-0.25, -0.2) is 0 Å². The molecule has 1 aliphatic heterocycles. The van der Waals surface area contributed by atoms with Gasteiger partial charge in [0.05, 0.1) is 17.7 Å². The number of benzene rings is 2. The summed E-state index contributed by atoms with van der Waals surface area (Å²) in [5.41, 5.74) is 0.691. The molecular formula is C19H18N2O3. The number of aliphatic hydroxyl groups is 1. The van der Waals surface area contributed by atoms with E-state index in [2.05, 4.69) is 11.4 Å². The van der Waals surface area contributed by atoms with Crippen LogP contribution in [0.1, 0.15) is 41.4 Å². The molecule has 5 heteroatoms. The highest BCUT2D eigenvalue weighted by atomic mass is 16.5. The van der Waals surface area contributed by atoms with Crippen molar-refractivity contribution in [3.8, 4) is 11.8 Å². The Balaban J connectivity index is 1.99. The molecule has 0 saturated carbocycles. The topological polar surface area (TPSA) is 82.3 Å². The van der Waals surface area contributed by atoms with Crippen LogP contribution in [0.25, 0.3) is 0 Å². The predicted molar refractivity (Wildman–Crippen MR) is 88.5 cm³/mol. The summed E-state index contributed by atoms with van der Waals surface area (Å²) < 4.78 is 5.84. The van der Waals surface area contributed by atoms with E-state index >= 15 is 0 Å². The standard InChI is InChI=1S/C19H18N2O3/c1-19(2)17(22)16(21-18(23)13-6-4-3-5-7-13)14-10-12(11-20)8-9-15(14)24-19/h3-10,16-17,22H,1-2H3,(H,21,23)/t16-,17-/m0/s1. The summed E-state index contributed by atoms with van der Waals surface area (Å²) in [5.74, 6) is 0.272. The minimum atomic E-state index is -0.952. The first-order valence-electron chi connectivity index (χ1n) is 7.69. The summed E-state index contributed by atoms with van der Waals surface area (Å²) in [6.45, 7) is 3.53. The molecule has 1 aliphatic rings. The number of aliphatic hydroxyl groups excluding tert-OH is 1. The molecule has 0 aromatic heterocycles. The van der Waals surface area contributed by atoms with Gasteiger partial charge in [0.25, 0.3) is 5.91 Å². The maximum absolute atomic E-state index is 12.5. The van der Waals surface area contributed by atoms with Crippen LogP contribution in [0, 0.1) is 11.3 Å². The summed E-state index contributed by atoms with van der Waals surface area (Å²) in [5, 5.41) is 22.7. The molecule has 3 rings (SSSR count). The SMILES string of the molecule is CC1(C)Oc2ccc(C#N)cc2[C@H](NC(=O)c2ccccc2)[C@@H]1O. The molecule has 0 bridgehead atoms. The van der Waals surface area contributed by atoms with Crippen LogP contribution >= 0.6 is 0 Å². The normalized spacial score (nSPS) is 21.1. The van der Waals surface area contributed by atoms with Gasteiger partial charge in [0.1, 0.15) is 17.5 Å². The third kappa shape index (κ3) is 2.84. The fourth-order valence-electron chi connectivity index (χ4n) is 2.84. The number of nitrogens with one attached hydrogen (secondary N) is 1. The lowest BCUT2D eigenvalue weighted by Gasteiger charge is -2.42. The maximum atomic E-state index is 12.5. The fourth-order valence-corrected chi connectivity index (χ4v) is 2.84. The lowest BCUT2D eigenvalue weighted by molar-refractivity contribution is -0.0627. The molecule has 122 valence electrons. The first-order chi connectivity index (χ1) is 11.4. The van der Waals surface area contributed by atoms with Gasteiger partial charge in [-0.05, 0) is 44.2 Å². The highest BCUT2D eigenvalue weighted by molar-refractivity contribution is 5.94. The monoisotopic (exact) mass is 322 g/mol. The van der Waals surface area contributed by atoms with Gasteiger partial charge >= 0.3 is 0 Å². The van der Waals surface area contributed by atoms with Gasteiger partial charge < -0.3 is 15.2 Å². The van der Waals surface area contributed by atoms with Crippen LogP contribution in [0.3, 0.4) is 0 Å². The molecule has 0 spiro atoms. The minimum Gasteiger partial charge on any atom is -0.485 e. The number of amides is 1. The zero-order chi connectivity index (χ0) is 17.3. The van der Waals surface area contributed by atoms with Gasteiger partial charge in [0.2, 0.25) is 0 Å². The molecule has 24 heavy (non-hydrogen) atoms. The average molecular weight is 322 g/mol. The molecule has 1 heterocycles. The zero-order valence-corrected chi connectivity index (χ0v) is 13.5. The molecule has 2 aromatic carbocycles. The Morgan fingerprint density at radius 3 is 2.62 bits per heavy atom. The van der Waals surface area contributed by atoms with Gasteiger partial charge in [-0.2, -0.15) is 5.26 Å². The van der Waals surface area contributed by atoms with E-state index in [0.29, 0.717) is 22.4 Å². The van der Waals surface area contributed by atoms with Crippen LogP contribution in [0.4, 0.5) is 0 Å². The van der Waals surface area contributed by atoms with Gasteiger partial charge in [-0.3, -0.25) is 4.79 Å². The summed E-state index contributed by atoms with van der Waals surface area (Å²) >= 11 is 0. The number of carbonyl (C=O) groups is 1. The number of nitrogens with zero attached hydrogens (tertiary/aromatic N) is 1. The van der Waals surface area contributed by atoms with E-state index in [1.165, 1.54) is 0 Å². The van der Waals surface area contributed by atoms with Crippen LogP contribution in [-0.4, -0.2) is 22.7 Å². The first kappa shape index (κ1) is 16.0. The molecule has 2 aromatic rings. The summed E-state index contributed by atoms with van der Waals surface area (Å²) in [7, 11) is 0. The van der Waals surface area contributed by atoms with Crippen molar-refractivity contribution < 1.29 is 14.6 Å². The minimum absolute atomic E-state index is 0.286. The van der Waals surface area contributed by atoms with Crippen LogP contribution < -0.4 is 10.1 Å². The van der Waals surface area contributed by atoms with Crippen molar-refractivity contribution in [1.29, 1.82) is 5.26 Å². The zero-order valence-electron chi connectivity index (χ0n) is 13.5. The van der Waals surface area contributed by atoms with E-state index in [4.69, 9.17) is 10.00 Å². The summed E-state index contributed by atoms with van der Waals surface area (Å²) in [6.07, 6.45) is -0.952. The van der Waals surface area contributed by atoms with Crippen molar-refractivity contribution in [1.82, 2.24) is 5.32 Å². The Morgan fingerprint density at radius 2 is 1.96 bits per heavy atom. The molecule has 0 aliphatic carbocycles. The number of fused-ring (bicyclic) bond motifs is 1. The van der Waals surface area contributed by atoms with E-state index in [9.17, 15) is 9.90 Å². The van der Waals surface area contributed by atoms with Crippen molar-refractivity contribution in [3.05, 3.63) is 65.2 Å². The van der Waals surface area contributed by atoms with Gasteiger partial charge in [0, 0.05) is 11.1 Å². The van der Waals surface area contributed by atoms with Crippen LogP contribution in [0.15, 0.2) is 48.5 Å². The second-order valence-corrected chi connectivity index (χ2v) is 6.33. The van der Waals surface area contributed by atoms with Crippen LogP contribution in [0.2, 0.25) is 0 Å². The third-order valence-corrected chi connectivity index (χ3v) is 4.20. The number of hydrogen-bond acceptors (Lipinski definition) is 4. The second-order valence-electron chi connectivity index (χ2n) is 6.33. The molecular weight excluding hydrogens is 304 g/mol. The molecule has 1 amide bonds. The van der Waals surface area contributed by atoms with Crippen molar-refractivity contribution in [2.75, 3.05) is 0 Å². The Bertz CT molecular complexity index is 809. The van der Waals surface area contributed by atoms with Crippen molar-refractivity contribution in [2.45, 2.75) is 31.6 Å². The number of ether oxygens (including phenoxy) is 1. The smallest absolute Gasteiger partial charge is 0.251 e. The fraction of sp³-hybridized carbons (Fsp3) is 0.263. The largest absolute Gasteiger partial charge is 0.485 e.